The van der Waals surface area contributed by atoms with E-state index in [0.29, 0.717) is 31.1 Å². The van der Waals surface area contributed by atoms with Crippen molar-refractivity contribution in [1.82, 2.24) is 24.8 Å². The fourth-order valence-electron chi connectivity index (χ4n) is 3.31. The molecule has 3 heterocycles. The van der Waals surface area contributed by atoms with E-state index in [1.54, 1.807) is 13.0 Å². The Morgan fingerprint density at radius 3 is 2.96 bits per heavy atom. The van der Waals surface area contributed by atoms with E-state index >= 15 is 0 Å². The second-order valence-electron chi connectivity index (χ2n) is 6.89. The fraction of sp³-hybridized carbons (Fsp3) is 0.368. The summed E-state index contributed by atoms with van der Waals surface area (Å²) in [6.45, 7) is 4.85. The molecule has 0 fully saturated rings. The van der Waals surface area contributed by atoms with Gasteiger partial charge in [0.2, 0.25) is 5.91 Å². The summed E-state index contributed by atoms with van der Waals surface area (Å²) < 4.78 is 8.21. The van der Waals surface area contributed by atoms with Crippen LogP contribution in [0.3, 0.4) is 0 Å². The van der Waals surface area contributed by atoms with Crippen LogP contribution in [0.2, 0.25) is 0 Å². The SMILES string of the molecule is Cc1cc(NC(=O)CCN2CCn3c(Cc4cccc(Br)c4)nnc3C2)no1. The third-order valence-electron chi connectivity index (χ3n) is 4.71. The lowest BCUT2D eigenvalue weighted by Gasteiger charge is -2.27. The molecule has 2 aromatic heterocycles. The maximum atomic E-state index is 12.1. The number of halogens is 1. The van der Waals surface area contributed by atoms with E-state index in [-0.39, 0.29) is 5.91 Å². The number of hydrogen-bond acceptors (Lipinski definition) is 6. The van der Waals surface area contributed by atoms with Gasteiger partial charge in [-0.25, -0.2) is 0 Å². The minimum Gasteiger partial charge on any atom is -0.360 e. The number of anilines is 1. The molecule has 0 saturated heterocycles. The molecule has 1 amide bonds. The number of rotatable bonds is 6. The average Bonchev–Trinajstić information content (AvgIpc) is 3.26. The van der Waals surface area contributed by atoms with Crippen LogP contribution < -0.4 is 5.32 Å². The predicted octanol–water partition coefficient (Wildman–Crippen LogP) is 2.77. The average molecular weight is 445 g/mol. The zero-order chi connectivity index (χ0) is 19.5. The van der Waals surface area contributed by atoms with Gasteiger partial charge in [-0.2, -0.15) is 0 Å². The molecule has 0 bridgehead atoms. The highest BCUT2D eigenvalue weighted by Gasteiger charge is 2.21. The molecular weight excluding hydrogens is 424 g/mol. The van der Waals surface area contributed by atoms with Crippen molar-refractivity contribution in [3.63, 3.8) is 0 Å². The zero-order valence-electron chi connectivity index (χ0n) is 15.6. The summed E-state index contributed by atoms with van der Waals surface area (Å²) in [5.41, 5.74) is 1.20. The van der Waals surface area contributed by atoms with Crippen molar-refractivity contribution in [3.05, 3.63) is 57.8 Å². The number of amides is 1. The lowest BCUT2D eigenvalue weighted by Crippen LogP contribution is -2.36. The standard InChI is InChI=1S/C19H21BrN6O2/c1-13-9-16(24-28-13)21-19(27)5-6-25-7-8-26-17(22-23-18(26)12-25)11-14-3-2-4-15(20)10-14/h2-4,9-10H,5-8,11-12H2,1H3,(H,21,24,27). The largest absolute Gasteiger partial charge is 0.360 e. The van der Waals surface area contributed by atoms with Gasteiger partial charge in [0.25, 0.3) is 0 Å². The van der Waals surface area contributed by atoms with Crippen molar-refractivity contribution in [2.75, 3.05) is 18.4 Å². The second kappa shape index (κ2) is 8.24. The summed E-state index contributed by atoms with van der Waals surface area (Å²) >= 11 is 3.51. The minimum atomic E-state index is -0.0734. The van der Waals surface area contributed by atoms with Crippen molar-refractivity contribution < 1.29 is 9.32 Å². The maximum absolute atomic E-state index is 12.1. The smallest absolute Gasteiger partial charge is 0.226 e. The fourth-order valence-corrected chi connectivity index (χ4v) is 3.76. The summed E-state index contributed by atoms with van der Waals surface area (Å²) in [5.74, 6) is 2.98. The van der Waals surface area contributed by atoms with Crippen molar-refractivity contribution in [2.45, 2.75) is 32.9 Å². The number of nitrogens with zero attached hydrogens (tertiary/aromatic N) is 5. The van der Waals surface area contributed by atoms with Gasteiger partial charge in [-0.05, 0) is 24.6 Å². The van der Waals surface area contributed by atoms with Gasteiger partial charge >= 0.3 is 0 Å². The molecule has 3 aromatic rings. The first kappa shape index (κ1) is 18.8. The van der Waals surface area contributed by atoms with Gasteiger partial charge in [-0.1, -0.05) is 33.2 Å². The van der Waals surface area contributed by atoms with Gasteiger partial charge < -0.3 is 14.4 Å². The Morgan fingerprint density at radius 1 is 1.29 bits per heavy atom. The first-order valence-corrected chi connectivity index (χ1v) is 9.97. The van der Waals surface area contributed by atoms with E-state index in [0.717, 1.165) is 35.6 Å². The maximum Gasteiger partial charge on any atom is 0.226 e. The molecule has 0 aliphatic carbocycles. The number of hydrogen-bond donors (Lipinski definition) is 1. The monoisotopic (exact) mass is 444 g/mol. The summed E-state index contributed by atoms with van der Waals surface area (Å²) in [4.78, 5) is 14.3. The number of carbonyl (C=O) groups is 1. The van der Waals surface area contributed by atoms with Crippen LogP contribution in [-0.2, 0) is 24.3 Å². The summed E-state index contributed by atoms with van der Waals surface area (Å²) in [5, 5.41) is 15.3. The molecule has 4 rings (SSSR count). The van der Waals surface area contributed by atoms with Crippen LogP contribution in [0.5, 0.6) is 0 Å². The Balaban J connectivity index is 1.31. The molecule has 1 aliphatic rings. The predicted molar refractivity (Wildman–Crippen MR) is 107 cm³/mol. The highest BCUT2D eigenvalue weighted by molar-refractivity contribution is 9.10. The van der Waals surface area contributed by atoms with Crippen LogP contribution in [0, 0.1) is 6.92 Å². The van der Waals surface area contributed by atoms with Gasteiger partial charge in [-0.15, -0.1) is 10.2 Å². The van der Waals surface area contributed by atoms with Gasteiger partial charge in [0.15, 0.2) is 5.82 Å². The molecule has 1 N–H and O–H groups in total. The van der Waals surface area contributed by atoms with Crippen LogP contribution in [0.15, 0.2) is 39.3 Å². The van der Waals surface area contributed by atoms with E-state index in [1.807, 2.05) is 12.1 Å². The van der Waals surface area contributed by atoms with Crippen LogP contribution in [-0.4, -0.2) is 43.8 Å². The Bertz CT molecular complexity index is 982. The quantitative estimate of drug-likeness (QED) is 0.628. The topological polar surface area (TPSA) is 89.1 Å². The van der Waals surface area contributed by atoms with Crippen molar-refractivity contribution in [1.29, 1.82) is 0 Å². The second-order valence-corrected chi connectivity index (χ2v) is 7.80. The van der Waals surface area contributed by atoms with Gasteiger partial charge in [-0.3, -0.25) is 9.69 Å². The summed E-state index contributed by atoms with van der Waals surface area (Å²) in [7, 11) is 0. The van der Waals surface area contributed by atoms with E-state index in [9.17, 15) is 4.79 Å². The van der Waals surface area contributed by atoms with E-state index < -0.39 is 0 Å². The molecule has 0 spiro atoms. The minimum absolute atomic E-state index is 0.0734. The number of nitrogens with one attached hydrogen (secondary N) is 1. The lowest BCUT2D eigenvalue weighted by molar-refractivity contribution is -0.116. The normalized spacial score (nSPS) is 14.1. The molecule has 0 unspecified atom stereocenters. The van der Waals surface area contributed by atoms with Gasteiger partial charge in [0, 0.05) is 43.0 Å². The van der Waals surface area contributed by atoms with Gasteiger partial charge in [0.1, 0.15) is 17.4 Å². The molecule has 0 atom stereocenters. The molecular formula is C19H21BrN6O2. The number of carbonyl (C=O) groups excluding carboxylic acids is 1. The lowest BCUT2D eigenvalue weighted by atomic mass is 10.1. The van der Waals surface area contributed by atoms with Crippen LogP contribution >= 0.6 is 15.9 Å². The highest BCUT2D eigenvalue weighted by Crippen LogP contribution is 2.18. The molecule has 9 heteroatoms. The number of benzene rings is 1. The first-order valence-electron chi connectivity index (χ1n) is 9.18. The van der Waals surface area contributed by atoms with Crippen molar-refractivity contribution in [2.24, 2.45) is 0 Å². The molecule has 146 valence electrons. The Labute approximate surface area is 171 Å². The number of aryl methyl sites for hydroxylation is 1. The summed E-state index contributed by atoms with van der Waals surface area (Å²) in [6.07, 6.45) is 1.15. The molecule has 0 radical (unpaired) electrons. The molecule has 8 nitrogen and oxygen atoms in total. The van der Waals surface area contributed by atoms with Crippen LogP contribution in [0.1, 0.15) is 29.4 Å². The number of fused-ring (bicyclic) bond motifs is 1. The molecule has 28 heavy (non-hydrogen) atoms. The van der Waals surface area contributed by atoms with Gasteiger partial charge in [0.05, 0.1) is 6.54 Å². The third-order valence-corrected chi connectivity index (χ3v) is 5.20. The van der Waals surface area contributed by atoms with E-state index in [2.05, 4.69) is 58.2 Å². The Kier molecular flexibility index (Phi) is 5.54. The van der Waals surface area contributed by atoms with Crippen molar-refractivity contribution >= 4 is 27.7 Å². The van der Waals surface area contributed by atoms with Crippen LogP contribution in [0.25, 0.3) is 0 Å². The van der Waals surface area contributed by atoms with E-state index in [4.69, 9.17) is 4.52 Å². The molecule has 1 aliphatic heterocycles. The summed E-state index contributed by atoms with van der Waals surface area (Å²) in [6, 6.07) is 9.94. The molecule has 1 aromatic carbocycles. The van der Waals surface area contributed by atoms with E-state index in [1.165, 1.54) is 5.56 Å². The Morgan fingerprint density at radius 2 is 2.18 bits per heavy atom. The molecule has 0 saturated carbocycles. The Hall–Kier alpha value is -2.52. The number of aromatic nitrogens is 4. The zero-order valence-corrected chi connectivity index (χ0v) is 17.1. The van der Waals surface area contributed by atoms with Crippen LogP contribution in [0.4, 0.5) is 5.82 Å². The van der Waals surface area contributed by atoms with Crippen molar-refractivity contribution in [3.8, 4) is 0 Å². The first-order chi connectivity index (χ1) is 13.6. The highest BCUT2D eigenvalue weighted by atomic mass is 79.9. The third kappa shape index (κ3) is 4.48.